The fraction of sp³-hybridized carbons (Fsp3) is 0.500. The second-order valence-electron chi connectivity index (χ2n) is 3.78. The Balaban J connectivity index is 2.32. The highest BCUT2D eigenvalue weighted by atomic mass is 32.2. The zero-order valence-corrected chi connectivity index (χ0v) is 9.90. The van der Waals surface area contributed by atoms with Gasteiger partial charge in [0.2, 0.25) is 0 Å². The van der Waals surface area contributed by atoms with E-state index in [2.05, 4.69) is 19.2 Å². The first-order valence-electron chi connectivity index (χ1n) is 5.45. The molecule has 1 aliphatic rings. The lowest BCUT2D eigenvalue weighted by Crippen LogP contribution is -2.26. The number of hydrogen-bond donors (Lipinski definition) is 1. The smallest absolute Gasteiger partial charge is 0.123 e. The van der Waals surface area contributed by atoms with Crippen molar-refractivity contribution >= 4 is 11.8 Å². The van der Waals surface area contributed by atoms with Gasteiger partial charge in [0.25, 0.3) is 0 Å². The van der Waals surface area contributed by atoms with Crippen molar-refractivity contribution in [3.8, 4) is 0 Å². The van der Waals surface area contributed by atoms with E-state index in [0.29, 0.717) is 11.3 Å². The maximum atomic E-state index is 13.2. The molecule has 2 atom stereocenters. The van der Waals surface area contributed by atoms with Gasteiger partial charge < -0.3 is 5.32 Å². The number of nitrogens with one attached hydrogen (secondary N) is 1. The number of benzene rings is 1. The maximum absolute atomic E-state index is 13.2. The van der Waals surface area contributed by atoms with Crippen LogP contribution in [0, 0.1) is 5.82 Å². The van der Waals surface area contributed by atoms with E-state index in [0.717, 1.165) is 18.5 Å². The predicted octanol–water partition coefficient (Wildman–Crippen LogP) is 3.36. The summed E-state index contributed by atoms with van der Waals surface area (Å²) >= 11 is 1.86. The van der Waals surface area contributed by atoms with Crippen LogP contribution < -0.4 is 5.32 Å². The first-order chi connectivity index (χ1) is 7.26. The molecular formula is C12H16FNS. The van der Waals surface area contributed by atoms with E-state index in [1.165, 1.54) is 4.90 Å². The molecule has 1 aromatic carbocycles. The van der Waals surface area contributed by atoms with Crippen molar-refractivity contribution in [2.75, 3.05) is 6.54 Å². The van der Waals surface area contributed by atoms with Gasteiger partial charge in [0.1, 0.15) is 5.82 Å². The third kappa shape index (κ3) is 2.04. The van der Waals surface area contributed by atoms with E-state index in [-0.39, 0.29) is 5.82 Å². The molecule has 0 aromatic heterocycles. The Kier molecular flexibility index (Phi) is 3.32. The van der Waals surface area contributed by atoms with Gasteiger partial charge in [-0.3, -0.25) is 0 Å². The Morgan fingerprint density at radius 1 is 1.40 bits per heavy atom. The van der Waals surface area contributed by atoms with E-state index < -0.39 is 0 Å². The Labute approximate surface area is 94.5 Å². The molecule has 1 nitrogen and oxygen atoms in total. The minimum absolute atomic E-state index is 0.131. The molecule has 3 heteroatoms. The van der Waals surface area contributed by atoms with Crippen LogP contribution in [-0.2, 0) is 0 Å². The second-order valence-corrected chi connectivity index (χ2v) is 5.06. The van der Waals surface area contributed by atoms with Crippen molar-refractivity contribution in [1.82, 2.24) is 5.32 Å². The average molecular weight is 225 g/mol. The number of rotatable bonds is 3. The van der Waals surface area contributed by atoms with E-state index in [4.69, 9.17) is 0 Å². The quantitative estimate of drug-likeness (QED) is 0.846. The van der Waals surface area contributed by atoms with Gasteiger partial charge in [-0.15, -0.1) is 11.8 Å². The van der Waals surface area contributed by atoms with E-state index in [1.807, 2.05) is 17.8 Å². The van der Waals surface area contributed by atoms with Crippen LogP contribution in [0.15, 0.2) is 23.1 Å². The maximum Gasteiger partial charge on any atom is 0.123 e. The number of thioether (sulfide) groups is 1. The molecule has 0 saturated carbocycles. The molecule has 15 heavy (non-hydrogen) atoms. The molecule has 0 spiro atoms. The zero-order chi connectivity index (χ0) is 10.8. The highest BCUT2D eigenvalue weighted by Crippen LogP contribution is 2.45. The molecule has 1 N–H and O–H groups in total. The summed E-state index contributed by atoms with van der Waals surface area (Å²) in [4.78, 5) is 1.23. The van der Waals surface area contributed by atoms with Crippen LogP contribution in [0.25, 0.3) is 0 Å². The van der Waals surface area contributed by atoms with Gasteiger partial charge in [0.15, 0.2) is 0 Å². The van der Waals surface area contributed by atoms with Crippen molar-refractivity contribution in [3.05, 3.63) is 29.6 Å². The van der Waals surface area contributed by atoms with E-state index >= 15 is 0 Å². The first kappa shape index (κ1) is 11.0. The van der Waals surface area contributed by atoms with Gasteiger partial charge in [-0.2, -0.15) is 0 Å². The number of hydrogen-bond acceptors (Lipinski definition) is 2. The summed E-state index contributed by atoms with van der Waals surface area (Å²) in [5.74, 6) is -0.131. The average Bonchev–Trinajstić information content (AvgIpc) is 2.57. The summed E-state index contributed by atoms with van der Waals surface area (Å²) in [6.45, 7) is 5.20. The normalized spacial score (nSPS) is 24.2. The monoisotopic (exact) mass is 225 g/mol. The molecule has 2 rings (SSSR count). The molecule has 0 aliphatic carbocycles. The molecule has 0 bridgehead atoms. The van der Waals surface area contributed by atoms with Crippen molar-refractivity contribution < 1.29 is 4.39 Å². The van der Waals surface area contributed by atoms with Crippen LogP contribution in [0.2, 0.25) is 0 Å². The van der Waals surface area contributed by atoms with Crippen molar-refractivity contribution in [2.24, 2.45) is 0 Å². The fourth-order valence-electron chi connectivity index (χ4n) is 2.08. The molecule has 0 fully saturated rings. The Morgan fingerprint density at radius 3 is 2.87 bits per heavy atom. The molecule has 0 radical (unpaired) electrons. The summed E-state index contributed by atoms with van der Waals surface area (Å²) in [7, 11) is 0. The van der Waals surface area contributed by atoms with Crippen LogP contribution in [0.3, 0.4) is 0 Å². The van der Waals surface area contributed by atoms with Crippen LogP contribution in [0.5, 0.6) is 0 Å². The minimum Gasteiger partial charge on any atom is -0.309 e. The molecule has 2 unspecified atom stereocenters. The molecule has 82 valence electrons. The van der Waals surface area contributed by atoms with Gasteiger partial charge in [0.05, 0.1) is 0 Å². The number of halogens is 1. The largest absolute Gasteiger partial charge is 0.309 e. The lowest BCUT2D eigenvalue weighted by Gasteiger charge is -2.18. The van der Waals surface area contributed by atoms with E-state index in [1.54, 1.807) is 12.1 Å². The zero-order valence-electron chi connectivity index (χ0n) is 9.09. The summed E-state index contributed by atoms with van der Waals surface area (Å²) < 4.78 is 13.2. The Hall–Kier alpha value is -0.540. The SMILES string of the molecule is CCNC1c2cc(F)ccc2SC1CC. The topological polar surface area (TPSA) is 12.0 Å². The van der Waals surface area contributed by atoms with Gasteiger partial charge in [0, 0.05) is 16.2 Å². The second kappa shape index (κ2) is 4.54. The Bertz CT molecular complexity index is 353. The molecule has 0 amide bonds. The summed E-state index contributed by atoms with van der Waals surface area (Å²) in [6, 6.07) is 5.43. The van der Waals surface area contributed by atoms with Crippen LogP contribution in [0.1, 0.15) is 31.9 Å². The third-order valence-corrected chi connectivity index (χ3v) is 4.32. The lowest BCUT2D eigenvalue weighted by molar-refractivity contribution is 0.522. The lowest BCUT2D eigenvalue weighted by atomic mass is 10.0. The molecular weight excluding hydrogens is 209 g/mol. The van der Waals surface area contributed by atoms with Gasteiger partial charge >= 0.3 is 0 Å². The highest BCUT2D eigenvalue weighted by Gasteiger charge is 2.31. The molecule has 0 saturated heterocycles. The van der Waals surface area contributed by atoms with E-state index in [9.17, 15) is 4.39 Å². The van der Waals surface area contributed by atoms with Gasteiger partial charge in [-0.1, -0.05) is 13.8 Å². The first-order valence-corrected chi connectivity index (χ1v) is 6.33. The van der Waals surface area contributed by atoms with Crippen LogP contribution in [-0.4, -0.2) is 11.8 Å². The Morgan fingerprint density at radius 2 is 2.20 bits per heavy atom. The summed E-state index contributed by atoms with van der Waals surface area (Å²) in [5, 5.41) is 3.98. The van der Waals surface area contributed by atoms with Crippen LogP contribution >= 0.6 is 11.8 Å². The van der Waals surface area contributed by atoms with Gasteiger partial charge in [-0.05, 0) is 36.7 Å². The van der Waals surface area contributed by atoms with Crippen molar-refractivity contribution in [2.45, 2.75) is 36.5 Å². The fourth-order valence-corrected chi connectivity index (χ4v) is 3.42. The number of fused-ring (bicyclic) bond motifs is 1. The summed E-state index contributed by atoms with van der Waals surface area (Å²) in [5.41, 5.74) is 1.13. The standard InChI is InChI=1S/C12H16FNS/c1-3-10-12(14-4-2)9-7-8(13)5-6-11(9)15-10/h5-7,10,12,14H,3-4H2,1-2H3. The molecule has 1 aliphatic heterocycles. The summed E-state index contributed by atoms with van der Waals surface area (Å²) in [6.07, 6.45) is 1.11. The van der Waals surface area contributed by atoms with Crippen molar-refractivity contribution in [3.63, 3.8) is 0 Å². The molecule has 1 aromatic rings. The highest BCUT2D eigenvalue weighted by molar-refractivity contribution is 8.00. The molecule has 1 heterocycles. The van der Waals surface area contributed by atoms with Crippen LogP contribution in [0.4, 0.5) is 4.39 Å². The van der Waals surface area contributed by atoms with Gasteiger partial charge in [-0.25, -0.2) is 4.39 Å². The third-order valence-electron chi connectivity index (χ3n) is 2.78. The minimum atomic E-state index is -0.131. The van der Waals surface area contributed by atoms with Crippen molar-refractivity contribution in [1.29, 1.82) is 0 Å². The predicted molar refractivity (Wildman–Crippen MR) is 62.8 cm³/mol.